The van der Waals surface area contributed by atoms with Crippen molar-refractivity contribution in [1.29, 1.82) is 0 Å². The minimum atomic E-state index is 0.707. The van der Waals surface area contributed by atoms with E-state index in [0.717, 1.165) is 22.8 Å². The number of rotatable bonds is 4. The number of halogens is 1. The minimum absolute atomic E-state index is 0.707. The number of nitrogens with one attached hydrogen (secondary N) is 1. The lowest BCUT2D eigenvalue weighted by molar-refractivity contribution is 0.689. The summed E-state index contributed by atoms with van der Waals surface area (Å²) in [4.78, 5) is 0. The molecule has 0 aliphatic heterocycles. The summed E-state index contributed by atoms with van der Waals surface area (Å²) in [6.45, 7) is 2.93. The first kappa shape index (κ1) is 12.7. The number of hydrogen-bond acceptors (Lipinski definition) is 2. The summed E-state index contributed by atoms with van der Waals surface area (Å²) in [6.07, 6.45) is 4.66. The second-order valence-electron chi connectivity index (χ2n) is 5.26. The molecule has 1 fully saturated rings. The molecule has 0 amide bonds. The van der Waals surface area contributed by atoms with Gasteiger partial charge < -0.3 is 5.32 Å². The number of benzene rings is 1. The zero-order valence-corrected chi connectivity index (χ0v) is 12.0. The van der Waals surface area contributed by atoms with Gasteiger partial charge in [-0.1, -0.05) is 17.7 Å². The number of hydrogen-bond donors (Lipinski definition) is 1. The van der Waals surface area contributed by atoms with Crippen molar-refractivity contribution < 1.29 is 0 Å². The number of nitrogens with zero attached hydrogens (tertiary/aromatic N) is 2. The van der Waals surface area contributed by atoms with Crippen LogP contribution in [0.4, 0.5) is 0 Å². The van der Waals surface area contributed by atoms with Gasteiger partial charge in [0.1, 0.15) is 0 Å². The van der Waals surface area contributed by atoms with E-state index in [0.29, 0.717) is 6.04 Å². The maximum atomic E-state index is 6.15. The molecule has 1 aromatic carbocycles. The fourth-order valence-corrected chi connectivity index (χ4v) is 2.53. The van der Waals surface area contributed by atoms with E-state index in [1.807, 2.05) is 30.8 Å². The van der Waals surface area contributed by atoms with Gasteiger partial charge in [-0.2, -0.15) is 5.10 Å². The molecule has 19 heavy (non-hydrogen) atoms. The highest BCUT2D eigenvalue weighted by Crippen LogP contribution is 2.30. The lowest BCUT2D eigenvalue weighted by Gasteiger charge is -2.10. The molecule has 0 bridgehead atoms. The monoisotopic (exact) mass is 275 g/mol. The Balaban J connectivity index is 1.97. The molecular formula is C15H18ClN3. The normalized spacial score (nSPS) is 14.9. The van der Waals surface area contributed by atoms with E-state index in [-0.39, 0.29) is 0 Å². The van der Waals surface area contributed by atoms with Crippen molar-refractivity contribution in [3.8, 4) is 11.1 Å². The van der Waals surface area contributed by atoms with Crippen molar-refractivity contribution >= 4 is 11.6 Å². The van der Waals surface area contributed by atoms with E-state index in [1.54, 1.807) is 0 Å². The first-order chi connectivity index (χ1) is 9.13. The van der Waals surface area contributed by atoms with Crippen LogP contribution in [0.5, 0.6) is 0 Å². The van der Waals surface area contributed by atoms with Crippen LogP contribution in [0, 0.1) is 6.92 Å². The molecule has 0 unspecified atom stereocenters. The fourth-order valence-electron chi connectivity index (χ4n) is 2.36. The van der Waals surface area contributed by atoms with Gasteiger partial charge in [0.2, 0.25) is 0 Å². The zero-order valence-electron chi connectivity index (χ0n) is 11.3. The van der Waals surface area contributed by atoms with Gasteiger partial charge in [-0.25, -0.2) is 0 Å². The van der Waals surface area contributed by atoms with Crippen LogP contribution in [0.15, 0.2) is 24.4 Å². The average molecular weight is 276 g/mol. The summed E-state index contributed by atoms with van der Waals surface area (Å²) in [6, 6.07) is 6.81. The van der Waals surface area contributed by atoms with Crippen molar-refractivity contribution in [3.05, 3.63) is 40.7 Å². The molecule has 0 atom stereocenters. The van der Waals surface area contributed by atoms with Crippen LogP contribution in [0.3, 0.4) is 0 Å². The molecule has 1 aromatic heterocycles. The van der Waals surface area contributed by atoms with Crippen LogP contribution in [-0.4, -0.2) is 15.8 Å². The van der Waals surface area contributed by atoms with E-state index >= 15 is 0 Å². The Kier molecular flexibility index (Phi) is 3.33. The fraction of sp³-hybridized carbons (Fsp3) is 0.400. The highest BCUT2D eigenvalue weighted by Gasteiger charge is 2.21. The third-order valence-electron chi connectivity index (χ3n) is 3.53. The lowest BCUT2D eigenvalue weighted by Crippen LogP contribution is -2.15. The number of aromatic nitrogens is 2. The Morgan fingerprint density at radius 3 is 2.79 bits per heavy atom. The van der Waals surface area contributed by atoms with Gasteiger partial charge in [-0.3, -0.25) is 4.68 Å². The molecule has 3 nitrogen and oxygen atoms in total. The summed E-state index contributed by atoms with van der Waals surface area (Å²) in [7, 11) is 1.95. The SMILES string of the molecule is Cc1nn(C)cc1-c1cc(Cl)ccc1CNC1CC1. The Hall–Kier alpha value is -1.32. The maximum Gasteiger partial charge on any atom is 0.0672 e. The van der Waals surface area contributed by atoms with Gasteiger partial charge in [0.15, 0.2) is 0 Å². The standard InChI is InChI=1S/C15H18ClN3/c1-10-15(9-19(2)18-10)14-7-12(16)4-3-11(14)8-17-13-5-6-13/h3-4,7,9,13,17H,5-6,8H2,1-2H3. The Morgan fingerprint density at radius 1 is 1.37 bits per heavy atom. The van der Waals surface area contributed by atoms with Crippen molar-refractivity contribution in [2.75, 3.05) is 0 Å². The van der Waals surface area contributed by atoms with E-state index in [4.69, 9.17) is 11.6 Å². The Labute approximate surface area is 118 Å². The van der Waals surface area contributed by atoms with Crippen LogP contribution in [0.1, 0.15) is 24.1 Å². The second-order valence-corrected chi connectivity index (χ2v) is 5.69. The first-order valence-electron chi connectivity index (χ1n) is 6.66. The van der Waals surface area contributed by atoms with Gasteiger partial charge >= 0.3 is 0 Å². The summed E-state index contributed by atoms with van der Waals surface area (Å²) in [5.41, 5.74) is 4.67. The van der Waals surface area contributed by atoms with E-state index < -0.39 is 0 Å². The molecule has 1 aliphatic rings. The Bertz CT molecular complexity index is 599. The quantitative estimate of drug-likeness (QED) is 0.928. The third-order valence-corrected chi connectivity index (χ3v) is 3.77. The van der Waals surface area contributed by atoms with Crippen molar-refractivity contribution in [2.45, 2.75) is 32.4 Å². The van der Waals surface area contributed by atoms with E-state index in [1.165, 1.54) is 24.0 Å². The van der Waals surface area contributed by atoms with Crippen molar-refractivity contribution in [2.24, 2.45) is 7.05 Å². The van der Waals surface area contributed by atoms with Crippen LogP contribution < -0.4 is 5.32 Å². The molecule has 1 saturated carbocycles. The molecule has 0 radical (unpaired) electrons. The van der Waals surface area contributed by atoms with Crippen LogP contribution in [0.25, 0.3) is 11.1 Å². The maximum absolute atomic E-state index is 6.15. The highest BCUT2D eigenvalue weighted by molar-refractivity contribution is 6.30. The molecular weight excluding hydrogens is 258 g/mol. The van der Waals surface area contributed by atoms with Gasteiger partial charge in [0.05, 0.1) is 5.69 Å². The predicted molar refractivity (Wildman–Crippen MR) is 78.3 cm³/mol. The molecule has 4 heteroatoms. The van der Waals surface area contributed by atoms with Crippen LogP contribution >= 0.6 is 11.6 Å². The summed E-state index contributed by atoms with van der Waals surface area (Å²) < 4.78 is 1.85. The van der Waals surface area contributed by atoms with Gasteiger partial charge in [0, 0.05) is 36.4 Å². The Morgan fingerprint density at radius 2 is 2.16 bits per heavy atom. The zero-order chi connectivity index (χ0) is 13.4. The summed E-state index contributed by atoms with van der Waals surface area (Å²) in [5.74, 6) is 0. The molecule has 1 N–H and O–H groups in total. The molecule has 1 heterocycles. The van der Waals surface area contributed by atoms with Crippen LogP contribution in [0.2, 0.25) is 5.02 Å². The van der Waals surface area contributed by atoms with Crippen molar-refractivity contribution in [1.82, 2.24) is 15.1 Å². The lowest BCUT2D eigenvalue weighted by atomic mass is 10.0. The van der Waals surface area contributed by atoms with Gasteiger partial charge in [0.25, 0.3) is 0 Å². The summed E-state index contributed by atoms with van der Waals surface area (Å²) >= 11 is 6.15. The van der Waals surface area contributed by atoms with E-state index in [2.05, 4.69) is 22.7 Å². The van der Waals surface area contributed by atoms with Crippen LogP contribution in [-0.2, 0) is 13.6 Å². The predicted octanol–water partition coefficient (Wildman–Crippen LogP) is 3.30. The molecule has 100 valence electrons. The average Bonchev–Trinajstić information content (AvgIpc) is 3.13. The summed E-state index contributed by atoms with van der Waals surface area (Å²) in [5, 5.41) is 8.75. The van der Waals surface area contributed by atoms with Crippen molar-refractivity contribution in [3.63, 3.8) is 0 Å². The second kappa shape index (κ2) is 4.99. The third kappa shape index (κ3) is 2.82. The topological polar surface area (TPSA) is 29.9 Å². The van der Waals surface area contributed by atoms with Gasteiger partial charge in [-0.15, -0.1) is 0 Å². The molecule has 3 rings (SSSR count). The van der Waals surface area contributed by atoms with Gasteiger partial charge in [-0.05, 0) is 43.0 Å². The first-order valence-corrected chi connectivity index (χ1v) is 7.03. The molecule has 0 spiro atoms. The molecule has 1 aliphatic carbocycles. The highest BCUT2D eigenvalue weighted by atomic mass is 35.5. The minimum Gasteiger partial charge on any atom is -0.310 e. The van der Waals surface area contributed by atoms with E-state index in [9.17, 15) is 0 Å². The largest absolute Gasteiger partial charge is 0.310 e. The smallest absolute Gasteiger partial charge is 0.0672 e. The number of aryl methyl sites for hydroxylation is 2. The molecule has 2 aromatic rings. The molecule has 0 saturated heterocycles.